The number of rotatable bonds is 3. The van der Waals surface area contributed by atoms with Gasteiger partial charge in [-0.2, -0.15) is 10.5 Å². The van der Waals surface area contributed by atoms with E-state index in [1.54, 1.807) is 0 Å². The van der Waals surface area contributed by atoms with Crippen LogP contribution in [0.25, 0.3) is 0 Å². The van der Waals surface area contributed by atoms with E-state index in [9.17, 15) is 14.3 Å². The molecule has 1 atom stereocenters. The highest BCUT2D eigenvalue weighted by Gasteiger charge is 2.30. The first-order chi connectivity index (χ1) is 9.08. The van der Waals surface area contributed by atoms with Gasteiger partial charge < -0.3 is 15.3 Å². The number of anilines is 2. The van der Waals surface area contributed by atoms with E-state index >= 15 is 0 Å². The maximum atomic E-state index is 13.9. The summed E-state index contributed by atoms with van der Waals surface area (Å²) < 4.78 is 13.9. The first-order valence-electron chi connectivity index (χ1n) is 5.39. The van der Waals surface area contributed by atoms with Crippen molar-refractivity contribution in [3.8, 4) is 12.1 Å². The fraction of sp³-hybridized carbons (Fsp3) is 0.250. The van der Waals surface area contributed by atoms with Gasteiger partial charge in [-0.25, -0.2) is 4.39 Å². The van der Waals surface area contributed by atoms with Gasteiger partial charge in [-0.05, 0) is 12.1 Å². The van der Waals surface area contributed by atoms with Crippen LogP contribution in [0.4, 0.5) is 15.8 Å². The van der Waals surface area contributed by atoms with Gasteiger partial charge in [-0.1, -0.05) is 0 Å². The summed E-state index contributed by atoms with van der Waals surface area (Å²) in [5.41, 5.74) is 0.478. The van der Waals surface area contributed by atoms with Gasteiger partial charge in [0.05, 0.1) is 17.8 Å². The van der Waals surface area contributed by atoms with Gasteiger partial charge in [0, 0.05) is 11.3 Å². The molecule has 19 heavy (non-hydrogen) atoms. The lowest BCUT2D eigenvalue weighted by Crippen LogP contribution is -2.25. The zero-order chi connectivity index (χ0) is 14.0. The number of aliphatic hydroxyl groups excluding tert-OH is 1. The molecule has 6 nitrogen and oxygen atoms in total. The second-order valence-corrected chi connectivity index (χ2v) is 3.95. The third-order valence-corrected chi connectivity index (χ3v) is 2.78. The molecule has 1 aromatic rings. The molecule has 1 aliphatic rings. The lowest BCUT2D eigenvalue weighted by Gasteiger charge is -2.19. The number of nitriles is 2. The number of hydrogen-bond acceptors (Lipinski definition) is 5. The molecule has 0 spiro atoms. The second kappa shape index (κ2) is 4.92. The maximum Gasteiger partial charge on any atom is 0.257 e. The van der Waals surface area contributed by atoms with Crippen molar-refractivity contribution < 1.29 is 14.3 Å². The van der Waals surface area contributed by atoms with E-state index in [1.807, 2.05) is 12.1 Å². The third kappa shape index (κ3) is 2.19. The molecule has 0 aliphatic carbocycles. The molecular formula is C12H9FN4O2. The number of carbonyl (C=O) groups is 1. The number of halogens is 1. The molecule has 0 fully saturated rings. The van der Waals surface area contributed by atoms with Crippen molar-refractivity contribution >= 4 is 17.3 Å². The Bertz CT molecular complexity index is 601. The molecule has 1 amide bonds. The number of amides is 1. The Hall–Kier alpha value is -2.64. The summed E-state index contributed by atoms with van der Waals surface area (Å²) in [6, 6.07) is 6.02. The predicted octanol–water partition coefficient (Wildman–Crippen LogP) is 0.665. The molecule has 96 valence electrons. The highest BCUT2D eigenvalue weighted by Crippen LogP contribution is 2.35. The Labute approximate surface area is 108 Å². The largest absolute Gasteiger partial charge is 0.378 e. The third-order valence-electron chi connectivity index (χ3n) is 2.78. The number of carbonyl (C=O) groups excluding carboxylic acids is 1. The van der Waals surface area contributed by atoms with Gasteiger partial charge in [0.15, 0.2) is 6.10 Å². The fourth-order valence-corrected chi connectivity index (χ4v) is 1.89. The molecule has 0 radical (unpaired) electrons. The Kier molecular flexibility index (Phi) is 3.32. The standard InChI is InChI=1S/C12H9FN4O2/c13-8-5-7-9(16-12(19)11(7)18)6-10(8)17(3-1-14)4-2-15/h5-6,11,18H,3-4H2,(H,16,19). The Morgan fingerprint density at radius 1 is 1.37 bits per heavy atom. The lowest BCUT2D eigenvalue weighted by atomic mass is 10.1. The Balaban J connectivity index is 2.44. The summed E-state index contributed by atoms with van der Waals surface area (Å²) in [7, 11) is 0. The van der Waals surface area contributed by atoms with Crippen LogP contribution in [0, 0.1) is 28.5 Å². The highest BCUT2D eigenvalue weighted by atomic mass is 19.1. The fourth-order valence-electron chi connectivity index (χ4n) is 1.89. The maximum absolute atomic E-state index is 13.9. The molecule has 1 unspecified atom stereocenters. The van der Waals surface area contributed by atoms with Crippen molar-refractivity contribution in [3.63, 3.8) is 0 Å². The number of nitrogens with zero attached hydrogens (tertiary/aromatic N) is 3. The summed E-state index contributed by atoms with van der Waals surface area (Å²) in [6.07, 6.45) is -1.39. The topological polar surface area (TPSA) is 100 Å². The SMILES string of the molecule is N#CCN(CC#N)c1cc2c(cc1F)C(O)C(=O)N2. The number of fused-ring (bicyclic) bond motifs is 1. The number of aliphatic hydroxyl groups is 1. The van der Waals surface area contributed by atoms with Gasteiger partial charge >= 0.3 is 0 Å². The van der Waals surface area contributed by atoms with Crippen molar-refractivity contribution in [1.29, 1.82) is 10.5 Å². The minimum atomic E-state index is -1.39. The van der Waals surface area contributed by atoms with Gasteiger partial charge in [0.25, 0.3) is 5.91 Å². The van der Waals surface area contributed by atoms with E-state index in [-0.39, 0.29) is 30.0 Å². The normalized spacial score (nSPS) is 16.2. The number of benzene rings is 1. The molecule has 0 bridgehead atoms. The minimum Gasteiger partial charge on any atom is -0.378 e. The quantitative estimate of drug-likeness (QED) is 0.778. The predicted molar refractivity (Wildman–Crippen MR) is 63.4 cm³/mol. The zero-order valence-electron chi connectivity index (χ0n) is 9.72. The summed E-state index contributed by atoms with van der Waals surface area (Å²) in [4.78, 5) is 12.5. The van der Waals surface area contributed by atoms with Crippen LogP contribution in [0.15, 0.2) is 12.1 Å². The van der Waals surface area contributed by atoms with E-state index in [0.29, 0.717) is 0 Å². The van der Waals surface area contributed by atoms with E-state index < -0.39 is 17.8 Å². The van der Waals surface area contributed by atoms with Crippen LogP contribution in [0.1, 0.15) is 11.7 Å². The minimum absolute atomic E-state index is 0.0382. The van der Waals surface area contributed by atoms with Crippen LogP contribution in [0.5, 0.6) is 0 Å². The van der Waals surface area contributed by atoms with Crippen LogP contribution in [0.3, 0.4) is 0 Å². The van der Waals surface area contributed by atoms with Crippen molar-refractivity contribution in [3.05, 3.63) is 23.5 Å². The second-order valence-electron chi connectivity index (χ2n) is 3.95. The molecular weight excluding hydrogens is 251 g/mol. The average molecular weight is 260 g/mol. The summed E-state index contributed by atoms with van der Waals surface area (Å²) >= 11 is 0. The molecule has 1 aromatic carbocycles. The van der Waals surface area contributed by atoms with E-state index in [4.69, 9.17) is 10.5 Å². The Morgan fingerprint density at radius 2 is 2.00 bits per heavy atom. The monoisotopic (exact) mass is 260 g/mol. The Morgan fingerprint density at radius 3 is 2.58 bits per heavy atom. The van der Waals surface area contributed by atoms with E-state index in [0.717, 1.165) is 6.07 Å². The van der Waals surface area contributed by atoms with Crippen LogP contribution >= 0.6 is 0 Å². The first-order valence-corrected chi connectivity index (χ1v) is 5.39. The van der Waals surface area contributed by atoms with E-state index in [2.05, 4.69) is 5.32 Å². The molecule has 7 heteroatoms. The molecule has 0 saturated heterocycles. The summed E-state index contributed by atoms with van der Waals surface area (Å²) in [5, 5.41) is 29.2. The molecule has 2 rings (SSSR count). The van der Waals surface area contributed by atoms with E-state index in [1.165, 1.54) is 11.0 Å². The molecule has 1 aliphatic heterocycles. The molecule has 2 N–H and O–H groups in total. The van der Waals surface area contributed by atoms with Crippen molar-refractivity contribution in [2.75, 3.05) is 23.3 Å². The van der Waals surface area contributed by atoms with Crippen molar-refractivity contribution in [2.45, 2.75) is 6.10 Å². The highest BCUT2D eigenvalue weighted by molar-refractivity contribution is 6.02. The lowest BCUT2D eigenvalue weighted by molar-refractivity contribution is -0.123. The van der Waals surface area contributed by atoms with Crippen LogP contribution in [0.2, 0.25) is 0 Å². The molecule has 1 heterocycles. The van der Waals surface area contributed by atoms with Gasteiger partial charge in [0.1, 0.15) is 18.9 Å². The summed E-state index contributed by atoms with van der Waals surface area (Å²) in [6.45, 7) is -0.306. The van der Waals surface area contributed by atoms with Crippen molar-refractivity contribution in [1.82, 2.24) is 0 Å². The van der Waals surface area contributed by atoms with Gasteiger partial charge in [0.2, 0.25) is 0 Å². The average Bonchev–Trinajstić information content (AvgIpc) is 2.64. The smallest absolute Gasteiger partial charge is 0.257 e. The van der Waals surface area contributed by atoms with Crippen LogP contribution < -0.4 is 10.2 Å². The first kappa shape index (κ1) is 12.8. The summed E-state index contributed by atoms with van der Waals surface area (Å²) in [5.74, 6) is -1.32. The van der Waals surface area contributed by atoms with Crippen LogP contribution in [-0.4, -0.2) is 24.1 Å². The van der Waals surface area contributed by atoms with Crippen molar-refractivity contribution in [2.24, 2.45) is 0 Å². The van der Waals surface area contributed by atoms with Gasteiger partial charge in [-0.3, -0.25) is 4.79 Å². The zero-order valence-corrected chi connectivity index (χ0v) is 9.72. The molecule has 0 saturated carbocycles. The molecule has 0 aromatic heterocycles. The van der Waals surface area contributed by atoms with Crippen LogP contribution in [-0.2, 0) is 4.79 Å². The van der Waals surface area contributed by atoms with Gasteiger partial charge in [-0.15, -0.1) is 0 Å². The number of hydrogen-bond donors (Lipinski definition) is 2. The number of nitrogens with one attached hydrogen (secondary N) is 1.